The summed E-state index contributed by atoms with van der Waals surface area (Å²) in [4.78, 5) is 2.48. The van der Waals surface area contributed by atoms with Crippen molar-refractivity contribution < 1.29 is 0 Å². The highest BCUT2D eigenvalue weighted by Crippen LogP contribution is 2.09. The summed E-state index contributed by atoms with van der Waals surface area (Å²) in [5.41, 5.74) is 0. The van der Waals surface area contributed by atoms with Crippen LogP contribution in [-0.4, -0.2) is 24.5 Å². The zero-order valence-electron chi connectivity index (χ0n) is 10.7. The molecule has 0 aliphatic heterocycles. The van der Waals surface area contributed by atoms with E-state index < -0.39 is 0 Å². The Morgan fingerprint density at radius 2 is 1.87 bits per heavy atom. The lowest BCUT2D eigenvalue weighted by Gasteiger charge is -2.22. The van der Waals surface area contributed by atoms with Gasteiger partial charge in [-0.2, -0.15) is 0 Å². The smallest absolute Gasteiger partial charge is 0.00471 e. The first-order chi connectivity index (χ1) is 7.28. The second kappa shape index (κ2) is 9.97. The Labute approximate surface area is 95.9 Å². The number of hydrogen-bond donors (Lipinski definition) is 0. The quantitative estimate of drug-likeness (QED) is 0.521. The molecule has 0 rings (SSSR count). The van der Waals surface area contributed by atoms with Crippen LogP contribution in [-0.2, 0) is 0 Å². The molecular formula is C14H27N. The molecular weight excluding hydrogens is 182 g/mol. The maximum absolute atomic E-state index is 3.84. The minimum atomic E-state index is 0.647. The third-order valence-corrected chi connectivity index (χ3v) is 2.72. The molecule has 1 atom stereocenters. The van der Waals surface area contributed by atoms with E-state index >= 15 is 0 Å². The van der Waals surface area contributed by atoms with Gasteiger partial charge in [0, 0.05) is 6.54 Å². The maximum Gasteiger partial charge on any atom is 0.00471 e. The summed E-state index contributed by atoms with van der Waals surface area (Å²) in [5, 5.41) is 0. The summed E-state index contributed by atoms with van der Waals surface area (Å²) in [5.74, 6) is 0.647. The van der Waals surface area contributed by atoms with Crippen LogP contribution in [0.4, 0.5) is 0 Å². The molecule has 1 heteroatoms. The van der Waals surface area contributed by atoms with Crippen molar-refractivity contribution in [1.82, 2.24) is 4.90 Å². The minimum Gasteiger partial charge on any atom is -0.303 e. The van der Waals surface area contributed by atoms with Gasteiger partial charge in [-0.3, -0.25) is 0 Å². The average Bonchev–Trinajstić information content (AvgIpc) is 2.26. The summed E-state index contributed by atoms with van der Waals surface area (Å²) in [6.45, 7) is 14.0. The van der Waals surface area contributed by atoms with Gasteiger partial charge in [-0.15, -0.1) is 6.58 Å². The summed E-state index contributed by atoms with van der Waals surface area (Å²) >= 11 is 0. The molecule has 0 saturated carbocycles. The van der Waals surface area contributed by atoms with E-state index in [0.717, 1.165) is 19.5 Å². The number of hydrogen-bond acceptors (Lipinski definition) is 1. The van der Waals surface area contributed by atoms with Gasteiger partial charge in [0.1, 0.15) is 0 Å². The molecule has 1 unspecified atom stereocenters. The fraction of sp³-hybridized carbons (Fsp3) is 0.714. The molecule has 0 aromatic carbocycles. The number of allylic oxidation sites excluding steroid dienone is 2. The summed E-state index contributed by atoms with van der Waals surface area (Å²) in [6.07, 6.45) is 10.2. The van der Waals surface area contributed by atoms with Gasteiger partial charge in [0.05, 0.1) is 0 Å². The second-order valence-corrected chi connectivity index (χ2v) is 3.99. The van der Waals surface area contributed by atoms with Crippen molar-refractivity contribution in [3.05, 3.63) is 24.8 Å². The molecule has 0 radical (unpaired) electrons. The standard InChI is InChI=1S/C14H27N/c1-5-9-10-12-14(11-6-2)13-15(7-3)8-4/h6,10,12,14H,2,5,7-9,11,13H2,1,3-4H3/b12-10+. The Morgan fingerprint density at radius 1 is 1.20 bits per heavy atom. The van der Waals surface area contributed by atoms with Crippen LogP contribution in [0, 0.1) is 5.92 Å². The van der Waals surface area contributed by atoms with Crippen LogP contribution < -0.4 is 0 Å². The van der Waals surface area contributed by atoms with Crippen molar-refractivity contribution >= 4 is 0 Å². The normalized spacial score (nSPS) is 13.6. The molecule has 0 spiro atoms. The monoisotopic (exact) mass is 209 g/mol. The highest BCUT2D eigenvalue weighted by Gasteiger charge is 2.07. The van der Waals surface area contributed by atoms with Crippen LogP contribution in [0.2, 0.25) is 0 Å². The Morgan fingerprint density at radius 3 is 2.33 bits per heavy atom. The van der Waals surface area contributed by atoms with Gasteiger partial charge in [-0.1, -0.05) is 45.4 Å². The predicted molar refractivity (Wildman–Crippen MR) is 70.1 cm³/mol. The second-order valence-electron chi connectivity index (χ2n) is 3.99. The Balaban J connectivity index is 4.06. The summed E-state index contributed by atoms with van der Waals surface area (Å²) in [7, 11) is 0. The molecule has 0 amide bonds. The number of rotatable bonds is 9. The fourth-order valence-corrected chi connectivity index (χ4v) is 1.70. The number of unbranched alkanes of at least 4 members (excludes halogenated alkanes) is 1. The van der Waals surface area contributed by atoms with Crippen molar-refractivity contribution in [2.75, 3.05) is 19.6 Å². The Bertz CT molecular complexity index is 168. The molecule has 0 aliphatic carbocycles. The van der Waals surface area contributed by atoms with Crippen LogP contribution in [0.1, 0.15) is 40.0 Å². The molecule has 0 fully saturated rings. The molecule has 0 N–H and O–H groups in total. The fourth-order valence-electron chi connectivity index (χ4n) is 1.70. The number of nitrogens with zero attached hydrogens (tertiary/aromatic N) is 1. The lowest BCUT2D eigenvalue weighted by atomic mass is 10.0. The zero-order valence-corrected chi connectivity index (χ0v) is 10.7. The third kappa shape index (κ3) is 7.38. The van der Waals surface area contributed by atoms with Crippen molar-refractivity contribution in [2.45, 2.75) is 40.0 Å². The first-order valence-electron chi connectivity index (χ1n) is 6.28. The molecule has 88 valence electrons. The average molecular weight is 209 g/mol. The van der Waals surface area contributed by atoms with Crippen LogP contribution in [0.25, 0.3) is 0 Å². The van der Waals surface area contributed by atoms with E-state index in [1.165, 1.54) is 19.4 Å². The van der Waals surface area contributed by atoms with Gasteiger partial charge in [0.2, 0.25) is 0 Å². The predicted octanol–water partition coefficient (Wildman–Crippen LogP) is 3.88. The van der Waals surface area contributed by atoms with Gasteiger partial charge in [-0.05, 0) is 31.8 Å². The van der Waals surface area contributed by atoms with Crippen molar-refractivity contribution in [2.24, 2.45) is 5.92 Å². The van der Waals surface area contributed by atoms with E-state index in [1.807, 2.05) is 6.08 Å². The first kappa shape index (κ1) is 14.4. The molecule has 0 aromatic heterocycles. The molecule has 1 nitrogen and oxygen atoms in total. The van der Waals surface area contributed by atoms with Crippen molar-refractivity contribution in [3.8, 4) is 0 Å². The van der Waals surface area contributed by atoms with Gasteiger partial charge < -0.3 is 4.90 Å². The highest BCUT2D eigenvalue weighted by molar-refractivity contribution is 4.92. The Hall–Kier alpha value is -0.560. The zero-order chi connectivity index (χ0) is 11.5. The van der Waals surface area contributed by atoms with Crippen molar-refractivity contribution in [3.63, 3.8) is 0 Å². The molecule has 0 aliphatic rings. The van der Waals surface area contributed by atoms with E-state index in [2.05, 4.69) is 44.4 Å². The van der Waals surface area contributed by atoms with Gasteiger partial charge >= 0.3 is 0 Å². The topological polar surface area (TPSA) is 3.24 Å². The van der Waals surface area contributed by atoms with E-state index in [-0.39, 0.29) is 0 Å². The Kier molecular flexibility index (Phi) is 9.60. The SMILES string of the molecule is C=CCC(/C=C/CCC)CN(CC)CC. The van der Waals surface area contributed by atoms with Crippen molar-refractivity contribution in [1.29, 1.82) is 0 Å². The van der Waals surface area contributed by atoms with Gasteiger partial charge in [-0.25, -0.2) is 0 Å². The maximum atomic E-state index is 3.84. The third-order valence-electron chi connectivity index (χ3n) is 2.72. The van der Waals surface area contributed by atoms with Crippen LogP contribution in [0.15, 0.2) is 24.8 Å². The first-order valence-corrected chi connectivity index (χ1v) is 6.28. The lowest BCUT2D eigenvalue weighted by Crippen LogP contribution is -2.28. The van der Waals surface area contributed by atoms with Crippen LogP contribution >= 0.6 is 0 Å². The van der Waals surface area contributed by atoms with E-state index in [1.54, 1.807) is 0 Å². The highest BCUT2D eigenvalue weighted by atomic mass is 15.1. The van der Waals surface area contributed by atoms with Crippen LogP contribution in [0.5, 0.6) is 0 Å². The lowest BCUT2D eigenvalue weighted by molar-refractivity contribution is 0.273. The van der Waals surface area contributed by atoms with Gasteiger partial charge in [0.15, 0.2) is 0 Å². The minimum absolute atomic E-state index is 0.647. The van der Waals surface area contributed by atoms with E-state index in [0.29, 0.717) is 5.92 Å². The molecule has 15 heavy (non-hydrogen) atoms. The molecule has 0 bridgehead atoms. The molecule has 0 aromatic rings. The van der Waals surface area contributed by atoms with Crippen LogP contribution in [0.3, 0.4) is 0 Å². The van der Waals surface area contributed by atoms with E-state index in [4.69, 9.17) is 0 Å². The molecule has 0 heterocycles. The van der Waals surface area contributed by atoms with Gasteiger partial charge in [0.25, 0.3) is 0 Å². The summed E-state index contributed by atoms with van der Waals surface area (Å²) < 4.78 is 0. The largest absolute Gasteiger partial charge is 0.303 e. The molecule has 0 saturated heterocycles. The van der Waals surface area contributed by atoms with E-state index in [9.17, 15) is 0 Å². The summed E-state index contributed by atoms with van der Waals surface area (Å²) in [6, 6.07) is 0.